The highest BCUT2D eigenvalue weighted by Crippen LogP contribution is 2.21. The van der Waals surface area contributed by atoms with Crippen LogP contribution in [0.3, 0.4) is 0 Å². The van der Waals surface area contributed by atoms with E-state index >= 15 is 0 Å². The Hall–Kier alpha value is -2.18. The minimum atomic E-state index is -3.66. The SMILES string of the molecule is Cc1ccc(S(=O)(=O)NCC(=O)N2CCC(Cc3ccccc3)CC2)cc1. The summed E-state index contributed by atoms with van der Waals surface area (Å²) in [6.45, 7) is 3.07. The number of carbonyl (C=O) groups excluding carboxylic acids is 1. The van der Waals surface area contributed by atoms with Crippen molar-refractivity contribution in [2.24, 2.45) is 5.92 Å². The molecule has 1 aliphatic rings. The molecule has 0 bridgehead atoms. The molecule has 1 fully saturated rings. The van der Waals surface area contributed by atoms with Crippen molar-refractivity contribution in [2.45, 2.75) is 31.1 Å². The van der Waals surface area contributed by atoms with E-state index in [1.165, 1.54) is 5.56 Å². The summed E-state index contributed by atoms with van der Waals surface area (Å²) in [5.41, 5.74) is 2.32. The van der Waals surface area contributed by atoms with Crippen molar-refractivity contribution in [2.75, 3.05) is 19.6 Å². The first-order chi connectivity index (χ1) is 12.9. The summed E-state index contributed by atoms with van der Waals surface area (Å²) in [7, 11) is -3.66. The number of likely N-dealkylation sites (tertiary alicyclic amines) is 1. The van der Waals surface area contributed by atoms with Crippen LogP contribution in [0, 0.1) is 12.8 Å². The lowest BCUT2D eigenvalue weighted by molar-refractivity contribution is -0.131. The van der Waals surface area contributed by atoms with Crippen LogP contribution in [0.15, 0.2) is 59.5 Å². The molecule has 3 rings (SSSR count). The number of aryl methyl sites for hydroxylation is 1. The first-order valence-corrected chi connectivity index (χ1v) is 10.8. The number of rotatable bonds is 6. The molecule has 1 amide bonds. The molecule has 0 spiro atoms. The van der Waals surface area contributed by atoms with Gasteiger partial charge in [-0.2, -0.15) is 0 Å². The molecule has 1 heterocycles. The summed E-state index contributed by atoms with van der Waals surface area (Å²) in [4.78, 5) is 14.3. The summed E-state index contributed by atoms with van der Waals surface area (Å²) >= 11 is 0. The van der Waals surface area contributed by atoms with E-state index in [4.69, 9.17) is 0 Å². The van der Waals surface area contributed by atoms with E-state index < -0.39 is 10.0 Å². The fourth-order valence-corrected chi connectivity index (χ4v) is 4.38. The molecule has 0 atom stereocenters. The van der Waals surface area contributed by atoms with Crippen LogP contribution < -0.4 is 4.72 Å². The Bertz CT molecular complexity index is 856. The molecule has 1 N–H and O–H groups in total. The second-order valence-electron chi connectivity index (χ2n) is 7.15. The molecule has 0 saturated carbocycles. The average molecular weight is 387 g/mol. The summed E-state index contributed by atoms with van der Waals surface area (Å²) in [6, 6.07) is 17.0. The summed E-state index contributed by atoms with van der Waals surface area (Å²) < 4.78 is 27.0. The van der Waals surface area contributed by atoms with Crippen LogP contribution in [0.25, 0.3) is 0 Å². The first kappa shape index (κ1) is 19.6. The summed E-state index contributed by atoms with van der Waals surface area (Å²) in [6.07, 6.45) is 2.93. The van der Waals surface area contributed by atoms with Gasteiger partial charge in [0.2, 0.25) is 15.9 Å². The van der Waals surface area contributed by atoms with Gasteiger partial charge in [0.05, 0.1) is 11.4 Å². The van der Waals surface area contributed by atoms with Gasteiger partial charge in [-0.05, 0) is 49.8 Å². The van der Waals surface area contributed by atoms with Crippen molar-refractivity contribution in [3.63, 3.8) is 0 Å². The van der Waals surface area contributed by atoms with Gasteiger partial charge in [-0.3, -0.25) is 4.79 Å². The lowest BCUT2D eigenvalue weighted by atomic mass is 9.90. The van der Waals surface area contributed by atoms with E-state index in [9.17, 15) is 13.2 Å². The zero-order valence-electron chi connectivity index (χ0n) is 15.6. The van der Waals surface area contributed by atoms with E-state index in [0.29, 0.717) is 19.0 Å². The molecule has 0 radical (unpaired) electrons. The zero-order chi connectivity index (χ0) is 19.3. The lowest BCUT2D eigenvalue weighted by Crippen LogP contribution is -2.44. The Kier molecular flexibility index (Phi) is 6.29. The molecular formula is C21H26N2O3S. The maximum Gasteiger partial charge on any atom is 0.241 e. The maximum absolute atomic E-state index is 12.4. The quantitative estimate of drug-likeness (QED) is 0.830. The third-order valence-electron chi connectivity index (χ3n) is 5.08. The minimum absolute atomic E-state index is 0.163. The van der Waals surface area contributed by atoms with Gasteiger partial charge in [0, 0.05) is 13.1 Å². The zero-order valence-corrected chi connectivity index (χ0v) is 16.4. The van der Waals surface area contributed by atoms with Crippen LogP contribution in [0.1, 0.15) is 24.0 Å². The molecule has 2 aromatic rings. The smallest absolute Gasteiger partial charge is 0.241 e. The fourth-order valence-electron chi connectivity index (χ4n) is 3.40. The Balaban J connectivity index is 1.47. The third kappa shape index (κ3) is 5.40. The summed E-state index contributed by atoms with van der Waals surface area (Å²) in [5, 5.41) is 0. The van der Waals surface area contributed by atoms with Gasteiger partial charge >= 0.3 is 0 Å². The van der Waals surface area contributed by atoms with Crippen LogP contribution in [-0.4, -0.2) is 38.9 Å². The van der Waals surface area contributed by atoms with Crippen LogP contribution in [0.2, 0.25) is 0 Å². The summed E-state index contributed by atoms with van der Waals surface area (Å²) in [5.74, 6) is 0.407. The number of amides is 1. The van der Waals surface area contributed by atoms with E-state index in [0.717, 1.165) is 24.8 Å². The van der Waals surface area contributed by atoms with E-state index in [1.807, 2.05) is 25.1 Å². The Morgan fingerprint density at radius 3 is 2.30 bits per heavy atom. The van der Waals surface area contributed by atoms with E-state index in [1.54, 1.807) is 29.2 Å². The van der Waals surface area contributed by atoms with Gasteiger partial charge in [-0.15, -0.1) is 0 Å². The Labute approximate surface area is 161 Å². The largest absolute Gasteiger partial charge is 0.342 e. The van der Waals surface area contributed by atoms with Crippen LogP contribution >= 0.6 is 0 Å². The molecule has 5 nitrogen and oxygen atoms in total. The highest BCUT2D eigenvalue weighted by atomic mass is 32.2. The van der Waals surface area contributed by atoms with Crippen LogP contribution in [0.5, 0.6) is 0 Å². The van der Waals surface area contributed by atoms with Crippen LogP contribution in [-0.2, 0) is 21.2 Å². The third-order valence-corrected chi connectivity index (χ3v) is 6.50. The van der Waals surface area contributed by atoms with Gasteiger partial charge in [0.25, 0.3) is 0 Å². The molecular weight excluding hydrogens is 360 g/mol. The van der Waals surface area contributed by atoms with Gasteiger partial charge < -0.3 is 4.90 Å². The fraction of sp³-hybridized carbons (Fsp3) is 0.381. The standard InChI is InChI=1S/C21H26N2O3S/c1-17-7-9-20(10-8-17)27(25,26)22-16-21(24)23-13-11-19(12-14-23)15-18-5-3-2-4-6-18/h2-10,19,22H,11-16H2,1H3. The van der Waals surface area contributed by atoms with Crippen molar-refractivity contribution in [1.29, 1.82) is 0 Å². The van der Waals surface area contributed by atoms with Crippen molar-refractivity contribution in [3.05, 3.63) is 65.7 Å². The Morgan fingerprint density at radius 2 is 1.67 bits per heavy atom. The second-order valence-corrected chi connectivity index (χ2v) is 8.92. The number of benzene rings is 2. The molecule has 144 valence electrons. The predicted molar refractivity (Wildman–Crippen MR) is 106 cm³/mol. The highest BCUT2D eigenvalue weighted by Gasteiger charge is 2.24. The predicted octanol–water partition coefficient (Wildman–Crippen LogP) is 2.75. The Morgan fingerprint density at radius 1 is 1.04 bits per heavy atom. The lowest BCUT2D eigenvalue weighted by Gasteiger charge is -2.32. The molecule has 27 heavy (non-hydrogen) atoms. The molecule has 0 unspecified atom stereocenters. The first-order valence-electron chi connectivity index (χ1n) is 9.32. The van der Waals surface area contributed by atoms with Crippen molar-refractivity contribution in [1.82, 2.24) is 9.62 Å². The number of sulfonamides is 1. The number of hydrogen-bond donors (Lipinski definition) is 1. The number of nitrogens with one attached hydrogen (secondary N) is 1. The van der Waals surface area contributed by atoms with Crippen molar-refractivity contribution in [3.8, 4) is 0 Å². The van der Waals surface area contributed by atoms with Crippen molar-refractivity contribution >= 4 is 15.9 Å². The van der Waals surface area contributed by atoms with Crippen molar-refractivity contribution < 1.29 is 13.2 Å². The van der Waals surface area contributed by atoms with Gasteiger partial charge in [-0.1, -0.05) is 48.0 Å². The monoisotopic (exact) mass is 386 g/mol. The molecule has 6 heteroatoms. The number of hydrogen-bond acceptors (Lipinski definition) is 3. The van der Waals surface area contributed by atoms with E-state index in [-0.39, 0.29) is 17.3 Å². The van der Waals surface area contributed by atoms with Gasteiger partial charge in [0.1, 0.15) is 0 Å². The second kappa shape index (κ2) is 8.67. The average Bonchev–Trinajstić information content (AvgIpc) is 2.68. The number of nitrogens with zero attached hydrogens (tertiary/aromatic N) is 1. The molecule has 2 aromatic carbocycles. The minimum Gasteiger partial charge on any atom is -0.342 e. The maximum atomic E-state index is 12.4. The highest BCUT2D eigenvalue weighted by molar-refractivity contribution is 7.89. The molecule has 1 saturated heterocycles. The molecule has 0 aromatic heterocycles. The van der Waals surface area contributed by atoms with Crippen LogP contribution in [0.4, 0.5) is 0 Å². The number of piperidine rings is 1. The normalized spacial score (nSPS) is 15.7. The van der Waals surface area contributed by atoms with Gasteiger partial charge in [0.15, 0.2) is 0 Å². The molecule has 1 aliphatic heterocycles. The van der Waals surface area contributed by atoms with E-state index in [2.05, 4.69) is 16.9 Å². The molecule has 0 aliphatic carbocycles. The van der Waals surface area contributed by atoms with Gasteiger partial charge in [-0.25, -0.2) is 13.1 Å². The topological polar surface area (TPSA) is 66.5 Å². The number of carbonyl (C=O) groups is 1.